The third kappa shape index (κ3) is 2.93. The van der Waals surface area contributed by atoms with Crippen molar-refractivity contribution in [1.29, 1.82) is 0 Å². The zero-order valence-electron chi connectivity index (χ0n) is 10.4. The fraction of sp³-hybridized carbons (Fsp3) is 0.538. The molecule has 0 saturated heterocycles. The fourth-order valence-electron chi connectivity index (χ4n) is 2.38. The molecule has 2 unspecified atom stereocenters. The Morgan fingerprint density at radius 2 is 2.17 bits per heavy atom. The summed E-state index contributed by atoms with van der Waals surface area (Å²) >= 11 is 5.97. The van der Waals surface area contributed by atoms with Gasteiger partial charge in [0.1, 0.15) is 11.5 Å². The Labute approximate surface area is 112 Å². The highest BCUT2D eigenvalue weighted by Gasteiger charge is 2.24. The number of aromatic nitrogens is 1. The Bertz CT molecular complexity index is 450. The molecule has 1 aliphatic carbocycles. The van der Waals surface area contributed by atoms with E-state index >= 15 is 0 Å². The Balaban J connectivity index is 2.09. The second-order valence-corrected chi connectivity index (χ2v) is 5.32. The van der Waals surface area contributed by atoms with Gasteiger partial charge in [0.05, 0.1) is 5.02 Å². The van der Waals surface area contributed by atoms with Gasteiger partial charge in [-0.05, 0) is 30.9 Å². The van der Waals surface area contributed by atoms with Gasteiger partial charge in [-0.1, -0.05) is 31.4 Å². The van der Waals surface area contributed by atoms with Gasteiger partial charge in [-0.3, -0.25) is 4.79 Å². The van der Waals surface area contributed by atoms with E-state index in [1.54, 1.807) is 12.1 Å². The molecule has 0 aromatic carbocycles. The number of anilines is 1. The van der Waals surface area contributed by atoms with Crippen molar-refractivity contribution in [3.63, 3.8) is 0 Å². The van der Waals surface area contributed by atoms with Crippen LogP contribution in [0.3, 0.4) is 0 Å². The maximum absolute atomic E-state index is 12.1. The molecule has 98 valence electrons. The third-order valence-electron chi connectivity index (χ3n) is 3.51. The third-order valence-corrected chi connectivity index (χ3v) is 3.82. The van der Waals surface area contributed by atoms with Crippen LogP contribution in [0.1, 0.15) is 43.1 Å². The fourth-order valence-corrected chi connectivity index (χ4v) is 2.57. The molecule has 0 spiro atoms. The molecular weight excluding hydrogens is 250 g/mol. The van der Waals surface area contributed by atoms with Gasteiger partial charge in [0.25, 0.3) is 5.91 Å². The molecular formula is C13H18ClN3O. The van der Waals surface area contributed by atoms with Gasteiger partial charge in [0.15, 0.2) is 0 Å². The second-order valence-electron chi connectivity index (χ2n) is 4.91. The van der Waals surface area contributed by atoms with Gasteiger partial charge >= 0.3 is 0 Å². The number of nitrogen functional groups attached to an aromatic ring is 1. The van der Waals surface area contributed by atoms with E-state index in [1.807, 2.05) is 0 Å². The predicted octanol–water partition coefficient (Wildman–Crippen LogP) is 2.63. The first-order valence-electron chi connectivity index (χ1n) is 6.31. The van der Waals surface area contributed by atoms with Crippen LogP contribution in [0.4, 0.5) is 5.82 Å². The van der Waals surface area contributed by atoms with E-state index in [-0.39, 0.29) is 17.6 Å². The lowest BCUT2D eigenvalue weighted by molar-refractivity contribution is 0.0905. The summed E-state index contributed by atoms with van der Waals surface area (Å²) in [4.78, 5) is 16.1. The van der Waals surface area contributed by atoms with Crippen LogP contribution in [-0.4, -0.2) is 16.9 Å². The number of hydrogen-bond acceptors (Lipinski definition) is 3. The molecule has 0 bridgehead atoms. The average molecular weight is 268 g/mol. The summed E-state index contributed by atoms with van der Waals surface area (Å²) in [6.45, 7) is 2.17. The van der Waals surface area contributed by atoms with Crippen molar-refractivity contribution in [3.8, 4) is 0 Å². The lowest BCUT2D eigenvalue weighted by Crippen LogP contribution is -2.41. The van der Waals surface area contributed by atoms with E-state index in [2.05, 4.69) is 17.2 Å². The molecule has 1 amide bonds. The van der Waals surface area contributed by atoms with Gasteiger partial charge in [0.2, 0.25) is 0 Å². The Morgan fingerprint density at radius 1 is 1.44 bits per heavy atom. The van der Waals surface area contributed by atoms with Crippen LogP contribution >= 0.6 is 11.6 Å². The lowest BCUT2D eigenvalue weighted by Gasteiger charge is -2.29. The molecule has 18 heavy (non-hydrogen) atoms. The number of carbonyl (C=O) groups excluding carboxylic acids is 1. The van der Waals surface area contributed by atoms with Crippen LogP contribution in [0, 0.1) is 5.92 Å². The minimum absolute atomic E-state index is 0.213. The zero-order chi connectivity index (χ0) is 13.1. The van der Waals surface area contributed by atoms with Crippen LogP contribution < -0.4 is 11.1 Å². The minimum Gasteiger partial charge on any atom is -0.384 e. The van der Waals surface area contributed by atoms with Crippen LogP contribution in [0.5, 0.6) is 0 Å². The number of pyridine rings is 1. The molecule has 0 radical (unpaired) electrons. The summed E-state index contributed by atoms with van der Waals surface area (Å²) in [5.41, 5.74) is 5.79. The highest BCUT2D eigenvalue weighted by Crippen LogP contribution is 2.24. The SMILES string of the molecule is CC1CCCCC1NC(=O)c1nc(N)ccc1Cl. The Morgan fingerprint density at radius 3 is 2.89 bits per heavy atom. The van der Waals surface area contributed by atoms with Gasteiger partial charge < -0.3 is 11.1 Å². The maximum Gasteiger partial charge on any atom is 0.271 e. The molecule has 4 nitrogen and oxygen atoms in total. The summed E-state index contributed by atoms with van der Waals surface area (Å²) in [6, 6.07) is 3.40. The van der Waals surface area contributed by atoms with E-state index < -0.39 is 0 Å². The molecule has 2 rings (SSSR count). The van der Waals surface area contributed by atoms with Crippen LogP contribution in [0.15, 0.2) is 12.1 Å². The minimum atomic E-state index is -0.231. The van der Waals surface area contributed by atoms with Crippen molar-refractivity contribution in [2.24, 2.45) is 5.92 Å². The van der Waals surface area contributed by atoms with Gasteiger partial charge in [-0.15, -0.1) is 0 Å². The molecule has 1 aliphatic rings. The number of nitrogens with one attached hydrogen (secondary N) is 1. The van der Waals surface area contributed by atoms with Gasteiger partial charge in [-0.2, -0.15) is 0 Å². The summed E-state index contributed by atoms with van der Waals surface area (Å²) in [5.74, 6) is 0.579. The first-order valence-corrected chi connectivity index (χ1v) is 6.68. The number of rotatable bonds is 2. The molecule has 0 aliphatic heterocycles. The van der Waals surface area contributed by atoms with Crippen molar-refractivity contribution in [1.82, 2.24) is 10.3 Å². The highest BCUT2D eigenvalue weighted by atomic mass is 35.5. The number of amides is 1. The first-order chi connectivity index (χ1) is 8.58. The van der Waals surface area contributed by atoms with E-state index in [0.29, 0.717) is 16.8 Å². The monoisotopic (exact) mass is 267 g/mol. The number of nitrogens with zero attached hydrogens (tertiary/aromatic N) is 1. The molecule has 1 heterocycles. The molecule has 1 saturated carbocycles. The number of carbonyl (C=O) groups is 1. The number of halogens is 1. The smallest absolute Gasteiger partial charge is 0.271 e. The Hall–Kier alpha value is -1.29. The molecule has 1 aromatic heterocycles. The maximum atomic E-state index is 12.1. The van der Waals surface area contributed by atoms with Gasteiger partial charge in [0, 0.05) is 6.04 Å². The topological polar surface area (TPSA) is 68.0 Å². The largest absolute Gasteiger partial charge is 0.384 e. The van der Waals surface area contributed by atoms with Gasteiger partial charge in [-0.25, -0.2) is 4.98 Å². The molecule has 5 heteroatoms. The molecule has 1 aromatic rings. The average Bonchev–Trinajstić information content (AvgIpc) is 2.35. The predicted molar refractivity (Wildman–Crippen MR) is 72.5 cm³/mol. The standard InChI is InChI=1S/C13H18ClN3O/c1-8-4-2-3-5-10(8)16-13(18)12-9(14)6-7-11(15)17-12/h6-8,10H,2-5H2,1H3,(H2,15,17)(H,16,18). The van der Waals surface area contributed by atoms with E-state index in [1.165, 1.54) is 6.42 Å². The zero-order valence-corrected chi connectivity index (χ0v) is 11.2. The second kappa shape index (κ2) is 5.57. The Kier molecular flexibility index (Phi) is 4.07. The summed E-state index contributed by atoms with van der Waals surface area (Å²) < 4.78 is 0. The van der Waals surface area contributed by atoms with Crippen molar-refractivity contribution in [2.45, 2.75) is 38.6 Å². The van der Waals surface area contributed by atoms with E-state index in [4.69, 9.17) is 17.3 Å². The number of nitrogens with two attached hydrogens (primary N) is 1. The lowest BCUT2D eigenvalue weighted by atomic mass is 9.86. The number of hydrogen-bond donors (Lipinski definition) is 2. The quantitative estimate of drug-likeness (QED) is 0.866. The highest BCUT2D eigenvalue weighted by molar-refractivity contribution is 6.33. The van der Waals surface area contributed by atoms with Crippen molar-refractivity contribution >= 4 is 23.3 Å². The van der Waals surface area contributed by atoms with E-state index in [9.17, 15) is 4.79 Å². The van der Waals surface area contributed by atoms with Crippen molar-refractivity contribution in [3.05, 3.63) is 22.8 Å². The van der Waals surface area contributed by atoms with Crippen molar-refractivity contribution < 1.29 is 4.79 Å². The molecule has 3 N–H and O–H groups in total. The van der Waals surface area contributed by atoms with E-state index in [0.717, 1.165) is 19.3 Å². The molecule has 2 atom stereocenters. The van der Waals surface area contributed by atoms with Crippen molar-refractivity contribution in [2.75, 3.05) is 5.73 Å². The van der Waals surface area contributed by atoms with Crippen LogP contribution in [0.2, 0.25) is 5.02 Å². The normalized spacial score (nSPS) is 23.7. The van der Waals surface area contributed by atoms with Crippen LogP contribution in [-0.2, 0) is 0 Å². The first kappa shape index (κ1) is 13.1. The summed E-state index contributed by atoms with van der Waals surface area (Å²) in [7, 11) is 0. The summed E-state index contributed by atoms with van der Waals surface area (Å²) in [5, 5.41) is 3.35. The summed E-state index contributed by atoms with van der Waals surface area (Å²) in [6.07, 6.45) is 4.58. The van der Waals surface area contributed by atoms with Crippen LogP contribution in [0.25, 0.3) is 0 Å². The molecule has 1 fully saturated rings.